The summed E-state index contributed by atoms with van der Waals surface area (Å²) >= 11 is 0. The van der Waals surface area contributed by atoms with Crippen LogP contribution in [0.1, 0.15) is 33.6 Å². The van der Waals surface area contributed by atoms with Crippen molar-refractivity contribution in [3.05, 3.63) is 0 Å². The standard InChI is InChI=1S/C16H25N5O6/c1-16(2,3)27-15(25)19-6-9(7-19)12(22)17-18-13(23)11-5-4-10-8-20(11)14(24)21(10)26/h9-11,26H,4-8H2,1-3H3,(H,17,22)(H,18,23). The van der Waals surface area contributed by atoms with Gasteiger partial charge >= 0.3 is 12.1 Å². The monoisotopic (exact) mass is 383 g/mol. The van der Waals surface area contributed by atoms with Gasteiger partial charge < -0.3 is 14.5 Å². The molecule has 2 atom stereocenters. The Labute approximate surface area is 156 Å². The molecule has 3 fully saturated rings. The van der Waals surface area contributed by atoms with Crippen molar-refractivity contribution in [1.82, 2.24) is 25.7 Å². The van der Waals surface area contributed by atoms with Gasteiger partial charge in [0.15, 0.2) is 0 Å². The molecule has 3 N–H and O–H groups in total. The molecule has 3 heterocycles. The quantitative estimate of drug-likeness (QED) is 0.442. The summed E-state index contributed by atoms with van der Waals surface area (Å²) in [6.45, 7) is 6.00. The first kappa shape index (κ1) is 19.2. The lowest BCUT2D eigenvalue weighted by molar-refractivity contribution is -0.136. The second kappa shape index (κ2) is 6.87. The maximum Gasteiger partial charge on any atom is 0.410 e. The second-order valence-electron chi connectivity index (χ2n) is 8.09. The fraction of sp³-hybridized carbons (Fsp3) is 0.750. The lowest BCUT2D eigenvalue weighted by Crippen LogP contribution is -2.60. The summed E-state index contributed by atoms with van der Waals surface area (Å²) in [5.74, 6) is -1.35. The molecule has 3 aliphatic rings. The summed E-state index contributed by atoms with van der Waals surface area (Å²) < 4.78 is 5.22. The Kier molecular flexibility index (Phi) is 4.89. The molecule has 11 heteroatoms. The molecule has 0 aliphatic carbocycles. The van der Waals surface area contributed by atoms with Crippen molar-refractivity contribution in [1.29, 1.82) is 0 Å². The number of hydrogen-bond donors (Lipinski definition) is 3. The average Bonchev–Trinajstić information content (AvgIpc) is 2.74. The number of likely N-dealkylation sites (tertiary alicyclic amines) is 1. The number of carbonyl (C=O) groups is 4. The van der Waals surface area contributed by atoms with Crippen molar-refractivity contribution in [3.63, 3.8) is 0 Å². The van der Waals surface area contributed by atoms with Crippen LogP contribution in [0, 0.1) is 5.92 Å². The number of ether oxygens (including phenoxy) is 1. The van der Waals surface area contributed by atoms with Gasteiger partial charge in [-0.15, -0.1) is 0 Å². The van der Waals surface area contributed by atoms with Gasteiger partial charge in [0.1, 0.15) is 11.6 Å². The van der Waals surface area contributed by atoms with Crippen LogP contribution in [0.5, 0.6) is 0 Å². The van der Waals surface area contributed by atoms with Crippen LogP contribution in [0.2, 0.25) is 0 Å². The number of piperidine rings is 1. The minimum atomic E-state index is -0.731. The van der Waals surface area contributed by atoms with E-state index in [4.69, 9.17) is 4.74 Å². The molecule has 3 rings (SSSR count). The first-order valence-corrected chi connectivity index (χ1v) is 8.93. The molecule has 2 bridgehead atoms. The van der Waals surface area contributed by atoms with Gasteiger partial charge in [0.05, 0.1) is 12.0 Å². The molecule has 150 valence electrons. The van der Waals surface area contributed by atoms with Crippen molar-refractivity contribution in [2.75, 3.05) is 19.6 Å². The Morgan fingerprint density at radius 3 is 2.33 bits per heavy atom. The highest BCUT2D eigenvalue weighted by molar-refractivity contribution is 5.90. The zero-order valence-electron chi connectivity index (χ0n) is 15.6. The molecule has 0 spiro atoms. The van der Waals surface area contributed by atoms with Gasteiger partial charge in [0.25, 0.3) is 5.91 Å². The summed E-state index contributed by atoms with van der Waals surface area (Å²) in [6, 6.07) is -1.62. The molecule has 11 nitrogen and oxygen atoms in total. The van der Waals surface area contributed by atoms with Crippen LogP contribution in [0.15, 0.2) is 0 Å². The summed E-state index contributed by atoms with van der Waals surface area (Å²) in [4.78, 5) is 50.9. The largest absolute Gasteiger partial charge is 0.444 e. The number of amides is 5. The molecule has 0 aromatic heterocycles. The lowest BCUT2D eigenvalue weighted by atomic mass is 10.00. The predicted molar refractivity (Wildman–Crippen MR) is 90.1 cm³/mol. The third kappa shape index (κ3) is 3.92. The van der Waals surface area contributed by atoms with E-state index in [0.29, 0.717) is 17.9 Å². The molecule has 0 aromatic rings. The summed E-state index contributed by atoms with van der Waals surface area (Å²) in [7, 11) is 0. The normalized spacial score (nSPS) is 25.2. The highest BCUT2D eigenvalue weighted by Crippen LogP contribution is 2.28. The maximum absolute atomic E-state index is 12.3. The smallest absolute Gasteiger partial charge is 0.410 e. The minimum Gasteiger partial charge on any atom is -0.444 e. The van der Waals surface area contributed by atoms with E-state index in [2.05, 4.69) is 10.9 Å². The second-order valence-corrected chi connectivity index (χ2v) is 8.09. The van der Waals surface area contributed by atoms with Crippen LogP contribution in [0.3, 0.4) is 0 Å². The van der Waals surface area contributed by atoms with Crippen molar-refractivity contribution < 1.29 is 29.1 Å². The van der Waals surface area contributed by atoms with E-state index in [0.717, 1.165) is 0 Å². The number of nitrogens with zero attached hydrogens (tertiary/aromatic N) is 3. The third-order valence-corrected chi connectivity index (χ3v) is 4.86. The Bertz CT molecular complexity index is 656. The molecule has 3 aliphatic heterocycles. The molecule has 2 unspecified atom stereocenters. The molecular formula is C16H25N5O6. The van der Waals surface area contributed by atoms with Gasteiger partial charge in [-0.05, 0) is 33.6 Å². The van der Waals surface area contributed by atoms with Gasteiger partial charge in [-0.1, -0.05) is 0 Å². The molecule has 0 aromatic carbocycles. The zero-order valence-corrected chi connectivity index (χ0v) is 15.6. The molecule has 0 radical (unpaired) electrons. The number of hydroxylamine groups is 2. The molecule has 0 saturated carbocycles. The van der Waals surface area contributed by atoms with E-state index in [1.165, 1.54) is 9.80 Å². The van der Waals surface area contributed by atoms with E-state index >= 15 is 0 Å². The SMILES string of the molecule is CC(C)(C)OC(=O)N1CC(C(=O)NNC(=O)C2CCC3CN2C(=O)N3O)C1. The fourth-order valence-electron chi connectivity index (χ4n) is 3.35. The highest BCUT2D eigenvalue weighted by atomic mass is 16.6. The Morgan fingerprint density at radius 2 is 1.70 bits per heavy atom. The number of urea groups is 1. The predicted octanol–water partition coefficient (Wildman–Crippen LogP) is -0.341. The number of hydrazine groups is 1. The maximum atomic E-state index is 12.3. The summed E-state index contributed by atoms with van der Waals surface area (Å²) in [5, 5.41) is 10.3. The highest BCUT2D eigenvalue weighted by Gasteiger charge is 2.47. The van der Waals surface area contributed by atoms with Gasteiger partial charge in [-0.25, -0.2) is 14.7 Å². The number of fused-ring (bicyclic) bond motifs is 2. The Hall–Kier alpha value is -2.56. The summed E-state index contributed by atoms with van der Waals surface area (Å²) in [6.07, 6.45) is 0.442. The van der Waals surface area contributed by atoms with Gasteiger partial charge in [-0.3, -0.25) is 25.6 Å². The molecule has 27 heavy (non-hydrogen) atoms. The minimum absolute atomic E-state index is 0.214. The van der Waals surface area contributed by atoms with Crippen LogP contribution in [0.25, 0.3) is 0 Å². The number of hydrogen-bond acceptors (Lipinski definition) is 6. The van der Waals surface area contributed by atoms with E-state index in [9.17, 15) is 24.4 Å². The topological polar surface area (TPSA) is 132 Å². The fourth-order valence-corrected chi connectivity index (χ4v) is 3.35. The van der Waals surface area contributed by atoms with Gasteiger partial charge in [0.2, 0.25) is 5.91 Å². The van der Waals surface area contributed by atoms with E-state index < -0.39 is 41.5 Å². The van der Waals surface area contributed by atoms with Crippen molar-refractivity contribution in [2.24, 2.45) is 5.92 Å². The first-order chi connectivity index (χ1) is 12.6. The van der Waals surface area contributed by atoms with E-state index in [-0.39, 0.29) is 25.7 Å². The number of nitrogens with one attached hydrogen (secondary N) is 2. The van der Waals surface area contributed by atoms with Crippen molar-refractivity contribution in [3.8, 4) is 0 Å². The Morgan fingerprint density at radius 1 is 1.07 bits per heavy atom. The van der Waals surface area contributed by atoms with Crippen LogP contribution >= 0.6 is 0 Å². The number of carbonyl (C=O) groups excluding carboxylic acids is 4. The average molecular weight is 383 g/mol. The van der Waals surface area contributed by atoms with E-state index in [1.807, 2.05) is 0 Å². The molecule has 5 amide bonds. The summed E-state index contributed by atoms with van der Waals surface area (Å²) in [5.41, 5.74) is 4.07. The third-order valence-electron chi connectivity index (χ3n) is 4.86. The molecule has 3 saturated heterocycles. The van der Waals surface area contributed by atoms with Gasteiger partial charge in [-0.2, -0.15) is 0 Å². The van der Waals surface area contributed by atoms with Crippen molar-refractivity contribution in [2.45, 2.75) is 51.3 Å². The van der Waals surface area contributed by atoms with Crippen LogP contribution < -0.4 is 10.9 Å². The lowest BCUT2D eigenvalue weighted by Gasteiger charge is -2.38. The van der Waals surface area contributed by atoms with Gasteiger partial charge in [0, 0.05) is 19.6 Å². The number of rotatable bonds is 2. The van der Waals surface area contributed by atoms with Crippen molar-refractivity contribution >= 4 is 23.9 Å². The van der Waals surface area contributed by atoms with E-state index in [1.54, 1.807) is 20.8 Å². The van der Waals surface area contributed by atoms with Crippen LogP contribution in [-0.2, 0) is 14.3 Å². The zero-order chi connectivity index (χ0) is 19.9. The Balaban J connectivity index is 1.42. The van der Waals surface area contributed by atoms with Crippen LogP contribution in [-0.4, -0.2) is 81.3 Å². The first-order valence-electron chi connectivity index (χ1n) is 8.93. The molecular weight excluding hydrogens is 358 g/mol. The van der Waals surface area contributed by atoms with Crippen LogP contribution in [0.4, 0.5) is 9.59 Å².